The largest absolute Gasteiger partial charge is 0.507 e. The van der Waals surface area contributed by atoms with Crippen LogP contribution in [0.3, 0.4) is 0 Å². The van der Waals surface area contributed by atoms with Gasteiger partial charge in [-0.25, -0.2) is 4.39 Å². The van der Waals surface area contributed by atoms with E-state index in [1.54, 1.807) is 24.3 Å². The van der Waals surface area contributed by atoms with Gasteiger partial charge in [-0.05, 0) is 43.2 Å². The van der Waals surface area contributed by atoms with E-state index in [2.05, 4.69) is 0 Å². The number of aliphatic hydroxyl groups excluding tert-OH is 1. The van der Waals surface area contributed by atoms with Crippen LogP contribution in [-0.2, 0) is 9.59 Å². The smallest absolute Gasteiger partial charge is 0.295 e. The van der Waals surface area contributed by atoms with E-state index < -0.39 is 29.3 Å². The Labute approximate surface area is 184 Å². The van der Waals surface area contributed by atoms with Crippen LogP contribution in [0.25, 0.3) is 16.5 Å². The second-order valence-electron chi connectivity index (χ2n) is 8.03. The van der Waals surface area contributed by atoms with Gasteiger partial charge in [-0.1, -0.05) is 42.5 Å². The number of phenols is 1. The van der Waals surface area contributed by atoms with Crippen molar-refractivity contribution in [2.24, 2.45) is 0 Å². The maximum absolute atomic E-state index is 14.0. The van der Waals surface area contributed by atoms with Crippen LogP contribution in [0, 0.1) is 5.82 Å². The zero-order valence-corrected chi connectivity index (χ0v) is 17.7. The molecular formula is C25H23FN2O4. The first-order valence-corrected chi connectivity index (χ1v) is 10.2. The van der Waals surface area contributed by atoms with Gasteiger partial charge in [0.1, 0.15) is 17.3 Å². The van der Waals surface area contributed by atoms with Crippen molar-refractivity contribution in [1.29, 1.82) is 0 Å². The van der Waals surface area contributed by atoms with E-state index in [1.165, 1.54) is 29.2 Å². The number of carbonyl (C=O) groups excluding carboxylic acids is 2. The Bertz CT molecular complexity index is 1250. The van der Waals surface area contributed by atoms with E-state index in [0.717, 1.165) is 5.39 Å². The third-order valence-corrected chi connectivity index (χ3v) is 5.65. The molecule has 4 rings (SSSR count). The lowest BCUT2D eigenvalue weighted by Crippen LogP contribution is -2.35. The number of ketones is 1. The first-order valence-electron chi connectivity index (χ1n) is 10.2. The van der Waals surface area contributed by atoms with Crippen LogP contribution in [0.5, 0.6) is 5.75 Å². The molecule has 0 bridgehead atoms. The van der Waals surface area contributed by atoms with E-state index in [0.29, 0.717) is 17.5 Å². The Morgan fingerprint density at radius 1 is 1.06 bits per heavy atom. The number of Topliss-reactive ketones (excluding diaryl/α,β-unsaturated/α-hetero) is 1. The van der Waals surface area contributed by atoms with Crippen LogP contribution in [0.2, 0.25) is 0 Å². The van der Waals surface area contributed by atoms with Gasteiger partial charge in [-0.3, -0.25) is 9.59 Å². The summed E-state index contributed by atoms with van der Waals surface area (Å²) in [5, 5.41) is 23.2. The maximum atomic E-state index is 14.0. The quantitative estimate of drug-likeness (QED) is 0.364. The van der Waals surface area contributed by atoms with Crippen LogP contribution < -0.4 is 0 Å². The number of fused-ring (bicyclic) bond motifs is 1. The van der Waals surface area contributed by atoms with E-state index in [4.69, 9.17) is 0 Å². The molecule has 3 aromatic carbocycles. The number of rotatable bonds is 5. The zero-order chi connectivity index (χ0) is 23.0. The fraction of sp³-hybridized carbons (Fsp3) is 0.200. The summed E-state index contributed by atoms with van der Waals surface area (Å²) in [6.07, 6.45) is 0. The first-order chi connectivity index (χ1) is 15.3. The molecular weight excluding hydrogens is 411 g/mol. The van der Waals surface area contributed by atoms with Crippen molar-refractivity contribution in [3.63, 3.8) is 0 Å². The summed E-state index contributed by atoms with van der Waals surface area (Å²) in [6.45, 7) is 0.680. The monoisotopic (exact) mass is 434 g/mol. The van der Waals surface area contributed by atoms with Gasteiger partial charge in [0.2, 0.25) is 0 Å². The van der Waals surface area contributed by atoms with Gasteiger partial charge in [0.25, 0.3) is 11.7 Å². The minimum absolute atomic E-state index is 0.0377. The molecule has 0 aliphatic carbocycles. The summed E-state index contributed by atoms with van der Waals surface area (Å²) in [4.78, 5) is 29.1. The average Bonchev–Trinajstić information content (AvgIpc) is 3.02. The summed E-state index contributed by atoms with van der Waals surface area (Å²) < 4.78 is 14.0. The van der Waals surface area contributed by atoms with Crippen molar-refractivity contribution in [3.05, 3.63) is 83.2 Å². The number of aliphatic hydroxyl groups is 1. The third-order valence-electron chi connectivity index (χ3n) is 5.65. The zero-order valence-electron chi connectivity index (χ0n) is 17.7. The number of hydrogen-bond acceptors (Lipinski definition) is 5. The lowest BCUT2D eigenvalue weighted by atomic mass is 9.94. The van der Waals surface area contributed by atoms with E-state index in [9.17, 15) is 24.2 Å². The van der Waals surface area contributed by atoms with Gasteiger partial charge < -0.3 is 20.0 Å². The van der Waals surface area contributed by atoms with Gasteiger partial charge in [0, 0.05) is 18.5 Å². The van der Waals surface area contributed by atoms with Crippen molar-refractivity contribution < 1.29 is 24.2 Å². The molecule has 6 nitrogen and oxygen atoms in total. The molecule has 3 aromatic rings. The van der Waals surface area contributed by atoms with Crippen molar-refractivity contribution in [2.75, 3.05) is 27.2 Å². The molecule has 0 spiro atoms. The average molecular weight is 434 g/mol. The minimum atomic E-state index is -0.975. The Balaban J connectivity index is 1.91. The summed E-state index contributed by atoms with van der Waals surface area (Å²) in [5.74, 6) is -2.86. The number of halogens is 1. The molecule has 0 aromatic heterocycles. The molecule has 1 saturated heterocycles. The molecule has 2 N–H and O–H groups in total. The summed E-state index contributed by atoms with van der Waals surface area (Å²) >= 11 is 0. The highest BCUT2D eigenvalue weighted by atomic mass is 19.1. The number of likely N-dealkylation sites (N-methyl/N-ethyl adjacent to an activating group) is 1. The fourth-order valence-corrected chi connectivity index (χ4v) is 4.03. The lowest BCUT2D eigenvalue weighted by molar-refractivity contribution is -0.140. The number of amides is 1. The van der Waals surface area contributed by atoms with E-state index in [-0.39, 0.29) is 23.4 Å². The highest BCUT2D eigenvalue weighted by Crippen LogP contribution is 2.42. The number of carbonyl (C=O) groups is 2. The molecule has 1 amide bonds. The Morgan fingerprint density at radius 2 is 1.81 bits per heavy atom. The van der Waals surface area contributed by atoms with Gasteiger partial charge in [-0.15, -0.1) is 0 Å². The molecule has 0 saturated carbocycles. The highest BCUT2D eigenvalue weighted by Gasteiger charge is 2.46. The molecule has 0 radical (unpaired) electrons. The Kier molecular flexibility index (Phi) is 5.67. The van der Waals surface area contributed by atoms with Gasteiger partial charge in [0.15, 0.2) is 0 Å². The van der Waals surface area contributed by atoms with Crippen molar-refractivity contribution in [1.82, 2.24) is 9.80 Å². The second kappa shape index (κ2) is 8.43. The predicted octanol–water partition coefficient (Wildman–Crippen LogP) is 3.67. The van der Waals surface area contributed by atoms with Crippen LogP contribution in [-0.4, -0.2) is 58.9 Å². The van der Waals surface area contributed by atoms with Crippen LogP contribution in [0.15, 0.2) is 66.2 Å². The Hall–Kier alpha value is -3.71. The topological polar surface area (TPSA) is 81.1 Å². The number of phenolic OH excluding ortho intramolecular Hbond substituents is 1. The molecule has 32 heavy (non-hydrogen) atoms. The standard InChI is InChI=1S/C25H23FN2O4/c1-27(2)12-13-28-21(16-7-5-8-17(26)14-16)20(24(31)25(28)32)23(30)19-11-10-15-6-3-4-9-18(15)22(19)29/h3-11,14,21,29-30H,12-13H2,1-2H3/t21-/m1/s1. The van der Waals surface area contributed by atoms with Gasteiger partial charge in [-0.2, -0.15) is 0 Å². The summed E-state index contributed by atoms with van der Waals surface area (Å²) in [6, 6.07) is 14.9. The third kappa shape index (κ3) is 3.71. The molecule has 1 atom stereocenters. The van der Waals surface area contributed by atoms with Crippen molar-refractivity contribution in [3.8, 4) is 5.75 Å². The molecule has 1 fully saturated rings. The van der Waals surface area contributed by atoms with Crippen molar-refractivity contribution >= 4 is 28.2 Å². The molecule has 0 unspecified atom stereocenters. The second-order valence-corrected chi connectivity index (χ2v) is 8.03. The minimum Gasteiger partial charge on any atom is -0.507 e. The summed E-state index contributed by atoms with van der Waals surface area (Å²) in [5.41, 5.74) is 0.227. The first kappa shape index (κ1) is 21.5. The van der Waals surface area contributed by atoms with E-state index in [1.807, 2.05) is 31.1 Å². The van der Waals surface area contributed by atoms with E-state index >= 15 is 0 Å². The Morgan fingerprint density at radius 3 is 2.53 bits per heavy atom. The fourth-order valence-electron chi connectivity index (χ4n) is 4.03. The normalized spacial score (nSPS) is 18.1. The summed E-state index contributed by atoms with van der Waals surface area (Å²) in [7, 11) is 3.67. The molecule has 1 heterocycles. The number of nitrogens with zero attached hydrogens (tertiary/aromatic N) is 2. The SMILES string of the molecule is CN(C)CCN1C(=O)C(=O)C(=C(O)c2ccc3ccccc3c2O)[C@H]1c1cccc(F)c1. The van der Waals surface area contributed by atoms with Gasteiger partial charge in [0.05, 0.1) is 17.2 Å². The van der Waals surface area contributed by atoms with Crippen LogP contribution >= 0.6 is 0 Å². The van der Waals surface area contributed by atoms with Crippen molar-refractivity contribution in [2.45, 2.75) is 6.04 Å². The molecule has 1 aliphatic heterocycles. The number of likely N-dealkylation sites (tertiary alicyclic amines) is 1. The number of hydrogen-bond donors (Lipinski definition) is 2. The van der Waals surface area contributed by atoms with Gasteiger partial charge >= 0.3 is 0 Å². The number of benzene rings is 3. The predicted molar refractivity (Wildman–Crippen MR) is 120 cm³/mol. The molecule has 7 heteroatoms. The molecule has 164 valence electrons. The number of aromatic hydroxyl groups is 1. The molecule has 1 aliphatic rings. The van der Waals surface area contributed by atoms with Crippen LogP contribution in [0.4, 0.5) is 4.39 Å². The highest BCUT2D eigenvalue weighted by molar-refractivity contribution is 6.46. The van der Waals surface area contributed by atoms with Crippen LogP contribution in [0.1, 0.15) is 17.2 Å². The maximum Gasteiger partial charge on any atom is 0.295 e. The lowest BCUT2D eigenvalue weighted by Gasteiger charge is -2.26.